The highest BCUT2D eigenvalue weighted by Gasteiger charge is 2.34. The number of carboxylic acid groups (broad SMARTS) is 1. The van der Waals surface area contributed by atoms with E-state index in [0.29, 0.717) is 22.1 Å². The van der Waals surface area contributed by atoms with Crippen molar-refractivity contribution in [3.05, 3.63) is 52.4 Å². The van der Waals surface area contributed by atoms with Crippen LogP contribution in [-0.4, -0.2) is 39.6 Å². The maximum Gasteiger partial charge on any atom is 0.339 e. The summed E-state index contributed by atoms with van der Waals surface area (Å²) in [6, 6.07) is 9.40. The third kappa shape index (κ3) is 6.79. The van der Waals surface area contributed by atoms with Crippen LogP contribution in [0.3, 0.4) is 0 Å². The Kier molecular flexibility index (Phi) is 9.78. The van der Waals surface area contributed by atoms with Gasteiger partial charge in [-0.2, -0.15) is 0 Å². The highest BCUT2D eigenvalue weighted by molar-refractivity contribution is 8.27. The summed E-state index contributed by atoms with van der Waals surface area (Å²) in [6.45, 7) is 4.26. The van der Waals surface area contributed by atoms with Gasteiger partial charge < -0.3 is 19.7 Å². The molecule has 1 amide bonds. The van der Waals surface area contributed by atoms with Crippen molar-refractivity contribution >= 4 is 51.9 Å². The molecule has 9 heteroatoms. The number of carbonyl (C=O) groups is 2. The molecule has 3 rings (SSSR count). The van der Waals surface area contributed by atoms with Gasteiger partial charge in [-0.25, -0.2) is 4.79 Å². The fourth-order valence-corrected chi connectivity index (χ4v) is 5.16. The monoisotopic (exact) mass is 529 g/mol. The third-order valence-corrected chi connectivity index (χ3v) is 7.09. The van der Waals surface area contributed by atoms with Crippen LogP contribution in [0.25, 0.3) is 6.08 Å². The molecule has 2 aromatic rings. The number of unbranched alkanes of at least 4 members (excludes halogenated alkanes) is 4. The van der Waals surface area contributed by atoms with Gasteiger partial charge in [-0.1, -0.05) is 62.7 Å². The zero-order valence-electron chi connectivity index (χ0n) is 20.7. The van der Waals surface area contributed by atoms with Crippen molar-refractivity contribution in [2.24, 2.45) is 0 Å². The van der Waals surface area contributed by atoms with E-state index in [9.17, 15) is 14.7 Å². The Morgan fingerprint density at radius 1 is 1.14 bits per heavy atom. The van der Waals surface area contributed by atoms with Crippen LogP contribution in [0.5, 0.6) is 17.2 Å². The molecule has 0 spiro atoms. The Morgan fingerprint density at radius 2 is 1.89 bits per heavy atom. The number of aromatic carboxylic acids is 1. The van der Waals surface area contributed by atoms with Gasteiger partial charge in [0.1, 0.15) is 11.3 Å². The molecule has 2 aromatic carbocycles. The molecule has 192 valence electrons. The van der Waals surface area contributed by atoms with Crippen molar-refractivity contribution in [1.29, 1.82) is 0 Å². The van der Waals surface area contributed by atoms with Crippen LogP contribution in [0.4, 0.5) is 5.69 Å². The van der Waals surface area contributed by atoms with Gasteiger partial charge in [0.2, 0.25) is 0 Å². The van der Waals surface area contributed by atoms with E-state index in [1.807, 2.05) is 18.2 Å². The van der Waals surface area contributed by atoms with Crippen molar-refractivity contribution in [3.63, 3.8) is 0 Å². The second-order valence-corrected chi connectivity index (χ2v) is 10.2. The number of thioether (sulfide) groups is 1. The fraction of sp³-hybridized carbons (Fsp3) is 0.370. The molecule has 0 saturated carbocycles. The lowest BCUT2D eigenvalue weighted by Gasteiger charge is -2.17. The number of ether oxygens (including phenoxy) is 2. The van der Waals surface area contributed by atoms with Crippen LogP contribution in [0.2, 0.25) is 0 Å². The molecule has 1 fully saturated rings. The average Bonchev–Trinajstić information content (AvgIpc) is 3.11. The Labute approximate surface area is 221 Å². The minimum atomic E-state index is -1.26. The number of carboxylic acids is 1. The number of hydrogen-bond donors (Lipinski definition) is 2. The molecule has 0 aromatic heterocycles. The van der Waals surface area contributed by atoms with Gasteiger partial charge in [0.15, 0.2) is 15.8 Å². The topological polar surface area (TPSA) is 96.3 Å². The van der Waals surface area contributed by atoms with Gasteiger partial charge in [0.05, 0.1) is 23.8 Å². The standard InChI is InChI=1S/C27H31NO6S2/c1-4-5-6-7-8-9-17(2)34-22-13-10-18(14-23(22)33-3)15-24-25(30)28(27(35)36-24)19-11-12-20(26(31)32)21(29)16-19/h10-17,29H,4-9H2,1-3H3,(H,31,32)/b24-15+/t17-/m0/s1. The van der Waals surface area contributed by atoms with Crippen molar-refractivity contribution in [1.82, 2.24) is 0 Å². The van der Waals surface area contributed by atoms with Crippen LogP contribution < -0.4 is 14.4 Å². The number of amides is 1. The first-order valence-electron chi connectivity index (χ1n) is 11.9. The van der Waals surface area contributed by atoms with E-state index in [1.165, 1.54) is 48.8 Å². The first-order valence-corrected chi connectivity index (χ1v) is 13.2. The van der Waals surface area contributed by atoms with E-state index in [1.54, 1.807) is 13.2 Å². The summed E-state index contributed by atoms with van der Waals surface area (Å²) >= 11 is 6.51. The van der Waals surface area contributed by atoms with Crippen molar-refractivity contribution < 1.29 is 29.3 Å². The predicted molar refractivity (Wildman–Crippen MR) is 147 cm³/mol. The summed E-state index contributed by atoms with van der Waals surface area (Å²) in [5, 5.41) is 19.1. The molecule has 7 nitrogen and oxygen atoms in total. The summed E-state index contributed by atoms with van der Waals surface area (Å²) in [7, 11) is 1.58. The second-order valence-electron chi connectivity index (χ2n) is 8.57. The van der Waals surface area contributed by atoms with Crippen molar-refractivity contribution in [2.45, 2.75) is 58.5 Å². The van der Waals surface area contributed by atoms with E-state index in [0.717, 1.165) is 30.2 Å². The van der Waals surface area contributed by atoms with Gasteiger partial charge >= 0.3 is 5.97 Å². The number of phenols is 1. The summed E-state index contributed by atoms with van der Waals surface area (Å²) in [4.78, 5) is 25.9. The maximum absolute atomic E-state index is 13.1. The Hall–Kier alpha value is -3.04. The van der Waals surface area contributed by atoms with E-state index in [-0.39, 0.29) is 21.9 Å². The molecular weight excluding hydrogens is 498 g/mol. The van der Waals surface area contributed by atoms with Crippen molar-refractivity contribution in [3.8, 4) is 17.2 Å². The molecule has 36 heavy (non-hydrogen) atoms. The van der Waals surface area contributed by atoms with Crippen LogP contribution in [0.1, 0.15) is 68.3 Å². The minimum absolute atomic E-state index is 0.0616. The van der Waals surface area contributed by atoms with Gasteiger partial charge in [-0.3, -0.25) is 9.69 Å². The Bertz CT molecular complexity index is 1160. The van der Waals surface area contributed by atoms with Crippen LogP contribution in [0, 0.1) is 0 Å². The molecule has 0 aliphatic carbocycles. The number of aromatic hydroxyl groups is 1. The molecular formula is C27H31NO6S2. The summed E-state index contributed by atoms with van der Waals surface area (Å²) < 4.78 is 11.9. The van der Waals surface area contributed by atoms with E-state index in [4.69, 9.17) is 26.8 Å². The van der Waals surface area contributed by atoms with Gasteiger partial charge in [-0.15, -0.1) is 0 Å². The smallest absolute Gasteiger partial charge is 0.339 e. The van der Waals surface area contributed by atoms with Crippen LogP contribution in [-0.2, 0) is 4.79 Å². The predicted octanol–water partition coefficient (Wildman–Crippen LogP) is 6.63. The maximum atomic E-state index is 13.1. The second kappa shape index (κ2) is 12.8. The molecule has 1 heterocycles. The largest absolute Gasteiger partial charge is 0.507 e. The first-order chi connectivity index (χ1) is 17.2. The number of nitrogens with zero attached hydrogens (tertiary/aromatic N) is 1. The number of rotatable bonds is 12. The van der Waals surface area contributed by atoms with E-state index < -0.39 is 11.7 Å². The molecule has 2 N–H and O–H groups in total. The molecule has 0 unspecified atom stereocenters. The summed E-state index contributed by atoms with van der Waals surface area (Å²) in [6.07, 6.45) is 8.83. The number of hydrogen-bond acceptors (Lipinski definition) is 7. The number of anilines is 1. The molecule has 0 bridgehead atoms. The minimum Gasteiger partial charge on any atom is -0.507 e. The number of methoxy groups -OCH3 is 1. The zero-order valence-corrected chi connectivity index (χ0v) is 22.3. The van der Waals surface area contributed by atoms with Gasteiger partial charge in [0, 0.05) is 6.07 Å². The SMILES string of the molecule is CCCCCCC[C@H](C)Oc1ccc(/C=C2/SC(=S)N(c3ccc(C(=O)O)c(O)c3)C2=O)cc1OC. The normalized spacial score (nSPS) is 15.4. The third-order valence-electron chi connectivity index (χ3n) is 5.79. The van der Waals surface area contributed by atoms with Crippen molar-refractivity contribution in [2.75, 3.05) is 12.0 Å². The molecule has 1 atom stereocenters. The Balaban J connectivity index is 1.72. The average molecular weight is 530 g/mol. The fourth-order valence-electron chi connectivity index (χ4n) is 3.86. The molecule has 1 aliphatic rings. The quantitative estimate of drug-likeness (QED) is 0.180. The Morgan fingerprint density at radius 3 is 2.56 bits per heavy atom. The summed E-state index contributed by atoms with van der Waals surface area (Å²) in [5.41, 5.74) is 0.796. The lowest BCUT2D eigenvalue weighted by Crippen LogP contribution is -2.27. The van der Waals surface area contributed by atoms with Crippen LogP contribution >= 0.6 is 24.0 Å². The highest BCUT2D eigenvalue weighted by atomic mass is 32.2. The first kappa shape index (κ1) is 27.5. The lowest BCUT2D eigenvalue weighted by molar-refractivity contribution is -0.113. The number of thiocarbonyl (C=S) groups is 1. The molecule has 1 aliphatic heterocycles. The zero-order chi connectivity index (χ0) is 26.2. The van der Waals surface area contributed by atoms with Gasteiger partial charge in [-0.05, 0) is 55.7 Å². The van der Waals surface area contributed by atoms with Crippen LogP contribution in [0.15, 0.2) is 41.3 Å². The van der Waals surface area contributed by atoms with Gasteiger partial charge in [0.25, 0.3) is 5.91 Å². The summed E-state index contributed by atoms with van der Waals surface area (Å²) in [5.74, 6) is -0.826. The molecule has 0 radical (unpaired) electrons. The van der Waals surface area contributed by atoms with E-state index >= 15 is 0 Å². The lowest BCUT2D eigenvalue weighted by atomic mass is 10.1. The van der Waals surface area contributed by atoms with E-state index in [2.05, 4.69) is 13.8 Å². The number of carbonyl (C=O) groups excluding carboxylic acids is 1. The molecule has 1 saturated heterocycles. The number of benzene rings is 2. The highest BCUT2D eigenvalue weighted by Crippen LogP contribution is 2.38.